The summed E-state index contributed by atoms with van der Waals surface area (Å²) >= 11 is 0. The lowest BCUT2D eigenvalue weighted by molar-refractivity contribution is -0.140. The number of carbonyl (C=O) groups is 1. The molecule has 0 radical (unpaired) electrons. The lowest BCUT2D eigenvalue weighted by atomic mass is 10.1. The van der Waals surface area contributed by atoms with E-state index in [2.05, 4.69) is 4.90 Å². The Balaban J connectivity index is 1.95. The molecule has 1 unspecified atom stereocenters. The van der Waals surface area contributed by atoms with E-state index in [1.165, 1.54) is 37.0 Å². The summed E-state index contributed by atoms with van der Waals surface area (Å²) in [5, 5.41) is 8.99. The molecule has 1 atom stereocenters. The van der Waals surface area contributed by atoms with E-state index in [9.17, 15) is 9.59 Å². The molecule has 1 N–H and O–H groups in total. The Labute approximate surface area is 123 Å². The predicted octanol–water partition coefficient (Wildman–Crippen LogP) is 1.36. The Kier molecular flexibility index (Phi) is 5.38. The average Bonchev–Trinajstić information content (AvgIpc) is 2.49. The molecule has 21 heavy (non-hydrogen) atoms. The Morgan fingerprint density at radius 2 is 2.10 bits per heavy atom. The molecule has 0 aliphatic carbocycles. The highest BCUT2D eigenvalue weighted by molar-refractivity contribution is 5.71. The van der Waals surface area contributed by atoms with Crippen LogP contribution in [0.15, 0.2) is 23.1 Å². The highest BCUT2D eigenvalue weighted by atomic mass is 16.5. The van der Waals surface area contributed by atoms with Gasteiger partial charge in [-0.25, -0.2) is 4.79 Å². The number of hydrogen-bond donors (Lipinski definition) is 1. The molecule has 2 heterocycles. The molecule has 1 aromatic heterocycles. The summed E-state index contributed by atoms with van der Waals surface area (Å²) in [4.78, 5) is 25.5. The van der Waals surface area contributed by atoms with E-state index in [0.29, 0.717) is 6.61 Å². The third kappa shape index (κ3) is 4.07. The fraction of sp³-hybridized carbons (Fsp3) is 0.600. The van der Waals surface area contributed by atoms with Crippen molar-refractivity contribution in [1.82, 2.24) is 9.47 Å². The first kappa shape index (κ1) is 15.6. The standard InChI is InChI=1S/C15H22N2O4/c1-12(15(19)20)17-9-5-6-13(14(17)18)21-11-10-16-7-3-2-4-8-16/h5-6,9,12H,2-4,7-8,10-11H2,1H3,(H,19,20). The number of rotatable bonds is 6. The number of carboxylic acids is 1. The van der Waals surface area contributed by atoms with E-state index in [1.54, 1.807) is 12.1 Å². The van der Waals surface area contributed by atoms with Crippen molar-refractivity contribution >= 4 is 5.97 Å². The van der Waals surface area contributed by atoms with Crippen molar-refractivity contribution in [2.75, 3.05) is 26.2 Å². The van der Waals surface area contributed by atoms with E-state index in [-0.39, 0.29) is 5.75 Å². The summed E-state index contributed by atoms with van der Waals surface area (Å²) in [6.45, 7) is 4.88. The molecule has 1 aromatic rings. The lowest BCUT2D eigenvalue weighted by Crippen LogP contribution is -2.34. The van der Waals surface area contributed by atoms with Gasteiger partial charge in [-0.1, -0.05) is 6.42 Å². The normalized spacial score (nSPS) is 17.4. The summed E-state index contributed by atoms with van der Waals surface area (Å²) in [6.07, 6.45) is 5.19. The Morgan fingerprint density at radius 1 is 1.38 bits per heavy atom. The van der Waals surface area contributed by atoms with E-state index in [1.807, 2.05) is 0 Å². The van der Waals surface area contributed by atoms with E-state index in [4.69, 9.17) is 9.84 Å². The lowest BCUT2D eigenvalue weighted by Gasteiger charge is -2.26. The van der Waals surface area contributed by atoms with E-state index in [0.717, 1.165) is 19.6 Å². The van der Waals surface area contributed by atoms with Crippen molar-refractivity contribution in [2.24, 2.45) is 0 Å². The molecule has 0 saturated carbocycles. The molecule has 0 aromatic carbocycles. The zero-order valence-corrected chi connectivity index (χ0v) is 12.3. The first-order valence-electron chi connectivity index (χ1n) is 7.38. The molecule has 6 nitrogen and oxygen atoms in total. The van der Waals surface area contributed by atoms with Gasteiger partial charge in [-0.15, -0.1) is 0 Å². The summed E-state index contributed by atoms with van der Waals surface area (Å²) in [5.41, 5.74) is -0.397. The summed E-state index contributed by atoms with van der Waals surface area (Å²) in [6, 6.07) is 2.32. The number of piperidine rings is 1. The number of pyridine rings is 1. The van der Waals surface area contributed by atoms with Crippen LogP contribution in [-0.4, -0.2) is 46.8 Å². The Bertz CT molecular complexity index is 535. The fourth-order valence-electron chi connectivity index (χ4n) is 2.49. The quantitative estimate of drug-likeness (QED) is 0.857. The summed E-state index contributed by atoms with van der Waals surface area (Å²) in [5.74, 6) is -0.829. The maximum atomic E-state index is 12.2. The van der Waals surface area contributed by atoms with Gasteiger partial charge in [0.15, 0.2) is 5.75 Å². The minimum Gasteiger partial charge on any atom is -0.487 e. The number of carboxylic acid groups (broad SMARTS) is 1. The molecular formula is C15H22N2O4. The van der Waals surface area contributed by atoms with Gasteiger partial charge in [-0.3, -0.25) is 14.3 Å². The Morgan fingerprint density at radius 3 is 2.76 bits per heavy atom. The van der Waals surface area contributed by atoms with Crippen LogP contribution in [-0.2, 0) is 4.79 Å². The van der Waals surface area contributed by atoms with Crippen LogP contribution >= 0.6 is 0 Å². The molecule has 0 amide bonds. The molecule has 116 valence electrons. The van der Waals surface area contributed by atoms with Crippen LogP contribution in [0.5, 0.6) is 5.75 Å². The molecule has 0 spiro atoms. The molecule has 0 bridgehead atoms. The average molecular weight is 294 g/mol. The smallest absolute Gasteiger partial charge is 0.326 e. The predicted molar refractivity (Wildman–Crippen MR) is 78.8 cm³/mol. The summed E-state index contributed by atoms with van der Waals surface area (Å²) < 4.78 is 6.72. The topological polar surface area (TPSA) is 71.8 Å². The van der Waals surface area contributed by atoms with Crippen LogP contribution in [0.1, 0.15) is 32.2 Å². The van der Waals surface area contributed by atoms with Crippen LogP contribution in [0.2, 0.25) is 0 Å². The van der Waals surface area contributed by atoms with Gasteiger partial charge in [-0.05, 0) is 45.0 Å². The van der Waals surface area contributed by atoms with Gasteiger partial charge >= 0.3 is 5.97 Å². The molecule has 1 fully saturated rings. The van der Waals surface area contributed by atoms with Crippen molar-refractivity contribution in [2.45, 2.75) is 32.2 Å². The fourth-order valence-corrected chi connectivity index (χ4v) is 2.49. The summed E-state index contributed by atoms with van der Waals surface area (Å²) in [7, 11) is 0. The minimum atomic E-state index is -1.04. The van der Waals surface area contributed by atoms with Crippen molar-refractivity contribution in [3.05, 3.63) is 28.7 Å². The van der Waals surface area contributed by atoms with Crippen molar-refractivity contribution < 1.29 is 14.6 Å². The monoisotopic (exact) mass is 294 g/mol. The number of aliphatic carboxylic acids is 1. The highest BCUT2D eigenvalue weighted by Crippen LogP contribution is 2.10. The molecule has 2 rings (SSSR count). The van der Waals surface area contributed by atoms with Gasteiger partial charge in [-0.2, -0.15) is 0 Å². The number of nitrogens with zero attached hydrogens (tertiary/aromatic N) is 2. The maximum Gasteiger partial charge on any atom is 0.326 e. The van der Waals surface area contributed by atoms with Gasteiger partial charge < -0.3 is 9.84 Å². The van der Waals surface area contributed by atoms with Crippen LogP contribution in [0.4, 0.5) is 0 Å². The first-order chi connectivity index (χ1) is 10.1. The van der Waals surface area contributed by atoms with E-state index >= 15 is 0 Å². The van der Waals surface area contributed by atoms with Crippen LogP contribution < -0.4 is 10.3 Å². The number of hydrogen-bond acceptors (Lipinski definition) is 4. The van der Waals surface area contributed by atoms with Crippen molar-refractivity contribution in [1.29, 1.82) is 0 Å². The number of aromatic nitrogens is 1. The second kappa shape index (κ2) is 7.26. The van der Waals surface area contributed by atoms with Gasteiger partial charge in [0, 0.05) is 12.7 Å². The highest BCUT2D eigenvalue weighted by Gasteiger charge is 2.16. The maximum absolute atomic E-state index is 12.2. The third-order valence-electron chi connectivity index (χ3n) is 3.83. The van der Waals surface area contributed by atoms with Gasteiger partial charge in [0.05, 0.1) is 0 Å². The number of ether oxygens (including phenoxy) is 1. The van der Waals surface area contributed by atoms with E-state index < -0.39 is 17.6 Å². The minimum absolute atomic E-state index is 0.211. The van der Waals surface area contributed by atoms with Crippen molar-refractivity contribution in [3.63, 3.8) is 0 Å². The second-order valence-electron chi connectivity index (χ2n) is 5.35. The zero-order chi connectivity index (χ0) is 15.2. The zero-order valence-electron chi connectivity index (χ0n) is 12.3. The number of likely N-dealkylation sites (tertiary alicyclic amines) is 1. The Hall–Kier alpha value is -1.82. The molecule has 1 saturated heterocycles. The molecular weight excluding hydrogens is 272 g/mol. The second-order valence-corrected chi connectivity index (χ2v) is 5.35. The first-order valence-corrected chi connectivity index (χ1v) is 7.38. The van der Waals surface area contributed by atoms with Gasteiger partial charge in [0.1, 0.15) is 12.6 Å². The molecule has 6 heteroatoms. The van der Waals surface area contributed by atoms with Crippen molar-refractivity contribution in [3.8, 4) is 5.75 Å². The van der Waals surface area contributed by atoms with Gasteiger partial charge in [0.25, 0.3) is 5.56 Å². The van der Waals surface area contributed by atoms with Crippen LogP contribution in [0.25, 0.3) is 0 Å². The third-order valence-corrected chi connectivity index (χ3v) is 3.83. The molecule has 1 aliphatic heterocycles. The molecule has 1 aliphatic rings. The largest absolute Gasteiger partial charge is 0.487 e. The SMILES string of the molecule is CC(C(=O)O)n1cccc(OCCN2CCCCC2)c1=O. The van der Waals surface area contributed by atoms with Crippen LogP contribution in [0, 0.1) is 0 Å². The van der Waals surface area contributed by atoms with Crippen LogP contribution in [0.3, 0.4) is 0 Å². The van der Waals surface area contributed by atoms with Gasteiger partial charge in [0.2, 0.25) is 0 Å².